The van der Waals surface area contributed by atoms with Gasteiger partial charge in [0.25, 0.3) is 5.24 Å². The standard InChI is InChI=1S/C14H24N2OS2/c1-5-16(6-2)14(18)19-13(17)15(4)12-9-7-8-11(3)10-12/h8,12H,5-7,9-10H2,1-4H3/t12-/m1/s1. The second-order valence-electron chi connectivity index (χ2n) is 4.90. The highest BCUT2D eigenvalue weighted by atomic mass is 32.2. The van der Waals surface area contributed by atoms with Crippen LogP contribution in [0.3, 0.4) is 0 Å². The molecule has 0 N–H and O–H groups in total. The van der Waals surface area contributed by atoms with Gasteiger partial charge in [0.2, 0.25) is 0 Å². The highest BCUT2D eigenvalue weighted by Gasteiger charge is 2.24. The molecule has 1 rings (SSSR count). The van der Waals surface area contributed by atoms with Crippen molar-refractivity contribution in [1.82, 2.24) is 9.80 Å². The van der Waals surface area contributed by atoms with Gasteiger partial charge in [0.15, 0.2) is 0 Å². The SMILES string of the molecule is CCN(CC)C(=S)SC(=O)N(C)[C@@H]1CCC=C(C)C1. The summed E-state index contributed by atoms with van der Waals surface area (Å²) < 4.78 is 0.685. The summed E-state index contributed by atoms with van der Waals surface area (Å²) >= 11 is 6.51. The average Bonchev–Trinajstić information content (AvgIpc) is 2.39. The normalized spacial score (nSPS) is 18.7. The van der Waals surface area contributed by atoms with E-state index in [0.29, 0.717) is 10.4 Å². The molecule has 5 heteroatoms. The monoisotopic (exact) mass is 300 g/mol. The van der Waals surface area contributed by atoms with Crippen molar-refractivity contribution in [2.45, 2.75) is 46.1 Å². The Morgan fingerprint density at radius 2 is 2.11 bits per heavy atom. The molecular weight excluding hydrogens is 276 g/mol. The van der Waals surface area contributed by atoms with E-state index in [9.17, 15) is 4.79 Å². The van der Waals surface area contributed by atoms with Crippen molar-refractivity contribution in [3.63, 3.8) is 0 Å². The van der Waals surface area contributed by atoms with Crippen molar-refractivity contribution in [3.8, 4) is 0 Å². The zero-order valence-electron chi connectivity index (χ0n) is 12.3. The van der Waals surface area contributed by atoms with Crippen molar-refractivity contribution in [2.75, 3.05) is 20.1 Å². The van der Waals surface area contributed by atoms with Gasteiger partial charge in [0.1, 0.15) is 4.32 Å². The second-order valence-corrected chi connectivity index (χ2v) is 6.49. The number of carbonyl (C=O) groups is 1. The molecule has 0 aliphatic heterocycles. The summed E-state index contributed by atoms with van der Waals surface area (Å²) in [5.41, 5.74) is 1.38. The van der Waals surface area contributed by atoms with Crippen LogP contribution in [0.4, 0.5) is 4.79 Å². The number of hydrogen-bond donors (Lipinski definition) is 0. The van der Waals surface area contributed by atoms with Gasteiger partial charge in [-0.15, -0.1) is 0 Å². The van der Waals surface area contributed by atoms with Crippen LogP contribution in [0.2, 0.25) is 0 Å². The topological polar surface area (TPSA) is 23.6 Å². The molecule has 0 bridgehead atoms. The van der Waals surface area contributed by atoms with E-state index in [1.54, 1.807) is 0 Å². The smallest absolute Gasteiger partial charge is 0.288 e. The number of amides is 1. The summed E-state index contributed by atoms with van der Waals surface area (Å²) in [6.45, 7) is 7.95. The largest absolute Gasteiger partial charge is 0.358 e. The molecule has 0 aromatic rings. The number of hydrogen-bond acceptors (Lipinski definition) is 3. The van der Waals surface area contributed by atoms with Crippen molar-refractivity contribution in [1.29, 1.82) is 0 Å². The van der Waals surface area contributed by atoms with Gasteiger partial charge in [-0.05, 0) is 40.0 Å². The second kappa shape index (κ2) is 7.90. The quantitative estimate of drug-likeness (QED) is 0.582. The van der Waals surface area contributed by atoms with Crippen LogP contribution in [0.25, 0.3) is 0 Å². The molecule has 1 aliphatic rings. The van der Waals surface area contributed by atoms with Crippen LogP contribution >= 0.6 is 24.0 Å². The van der Waals surface area contributed by atoms with Crippen LogP contribution in [0.5, 0.6) is 0 Å². The minimum absolute atomic E-state index is 0.0663. The molecule has 0 saturated heterocycles. The van der Waals surface area contributed by atoms with E-state index in [1.807, 2.05) is 16.8 Å². The zero-order valence-corrected chi connectivity index (χ0v) is 13.9. The van der Waals surface area contributed by atoms with Crippen LogP contribution in [0.15, 0.2) is 11.6 Å². The summed E-state index contributed by atoms with van der Waals surface area (Å²) in [5.74, 6) is 0. The predicted molar refractivity (Wildman–Crippen MR) is 87.7 cm³/mol. The fraction of sp³-hybridized carbons (Fsp3) is 0.714. The maximum Gasteiger partial charge on any atom is 0.288 e. The fourth-order valence-electron chi connectivity index (χ4n) is 2.25. The minimum Gasteiger partial charge on any atom is -0.358 e. The van der Waals surface area contributed by atoms with Crippen LogP contribution in [-0.4, -0.2) is 45.5 Å². The Morgan fingerprint density at radius 3 is 2.63 bits per heavy atom. The average molecular weight is 300 g/mol. The molecule has 0 radical (unpaired) electrons. The summed E-state index contributed by atoms with van der Waals surface area (Å²) in [4.78, 5) is 16.1. The summed E-state index contributed by atoms with van der Waals surface area (Å²) in [5, 5.41) is 0.0663. The van der Waals surface area contributed by atoms with Crippen molar-refractivity contribution >= 4 is 33.5 Å². The maximum atomic E-state index is 12.3. The summed E-state index contributed by atoms with van der Waals surface area (Å²) in [6.07, 6.45) is 5.38. The Morgan fingerprint density at radius 1 is 1.47 bits per heavy atom. The molecule has 1 atom stereocenters. The van der Waals surface area contributed by atoms with E-state index < -0.39 is 0 Å². The number of nitrogens with zero attached hydrogens (tertiary/aromatic N) is 2. The molecule has 19 heavy (non-hydrogen) atoms. The highest BCUT2D eigenvalue weighted by Crippen LogP contribution is 2.24. The van der Waals surface area contributed by atoms with Crippen molar-refractivity contribution in [3.05, 3.63) is 11.6 Å². The molecule has 1 amide bonds. The van der Waals surface area contributed by atoms with Gasteiger partial charge in [-0.25, -0.2) is 0 Å². The van der Waals surface area contributed by atoms with Gasteiger partial charge in [-0.3, -0.25) is 4.79 Å². The predicted octanol–water partition coefficient (Wildman–Crippen LogP) is 3.90. The van der Waals surface area contributed by atoms with E-state index in [4.69, 9.17) is 12.2 Å². The molecule has 3 nitrogen and oxygen atoms in total. The Bertz CT molecular complexity index is 364. The lowest BCUT2D eigenvalue weighted by Crippen LogP contribution is -2.37. The maximum absolute atomic E-state index is 12.3. The van der Waals surface area contributed by atoms with E-state index in [-0.39, 0.29) is 5.24 Å². The molecule has 0 heterocycles. The number of thiocarbonyl (C=S) groups is 1. The highest BCUT2D eigenvalue weighted by molar-refractivity contribution is 8.32. The minimum atomic E-state index is 0.0663. The third-order valence-corrected chi connectivity index (χ3v) is 4.99. The zero-order chi connectivity index (χ0) is 14.4. The van der Waals surface area contributed by atoms with Gasteiger partial charge >= 0.3 is 0 Å². The van der Waals surface area contributed by atoms with Gasteiger partial charge in [0.05, 0.1) is 0 Å². The first-order valence-electron chi connectivity index (χ1n) is 6.88. The first-order chi connectivity index (χ1) is 8.99. The molecule has 0 unspecified atom stereocenters. The van der Waals surface area contributed by atoms with Crippen LogP contribution in [0, 0.1) is 0 Å². The fourth-order valence-corrected chi connectivity index (χ4v) is 3.55. The van der Waals surface area contributed by atoms with Crippen molar-refractivity contribution < 1.29 is 4.79 Å². The van der Waals surface area contributed by atoms with E-state index in [0.717, 1.165) is 32.4 Å². The van der Waals surface area contributed by atoms with Crippen LogP contribution in [-0.2, 0) is 0 Å². The van der Waals surface area contributed by atoms with E-state index in [2.05, 4.69) is 26.8 Å². The van der Waals surface area contributed by atoms with Crippen molar-refractivity contribution in [2.24, 2.45) is 0 Å². The van der Waals surface area contributed by atoms with Crippen LogP contribution in [0.1, 0.15) is 40.0 Å². The van der Waals surface area contributed by atoms with Gasteiger partial charge in [0, 0.05) is 37.9 Å². The summed E-state index contributed by atoms with van der Waals surface area (Å²) in [6, 6.07) is 0.324. The molecule has 1 aliphatic carbocycles. The number of allylic oxidation sites excluding steroid dienone is 1. The molecular formula is C14H24N2OS2. The molecule has 0 aromatic heterocycles. The van der Waals surface area contributed by atoms with Crippen LogP contribution < -0.4 is 0 Å². The van der Waals surface area contributed by atoms with E-state index >= 15 is 0 Å². The Labute approximate surface area is 126 Å². The van der Waals surface area contributed by atoms with Gasteiger partial charge in [-0.1, -0.05) is 23.9 Å². The molecule has 0 fully saturated rings. The van der Waals surface area contributed by atoms with E-state index in [1.165, 1.54) is 17.3 Å². The molecule has 0 saturated carbocycles. The number of carbonyl (C=O) groups excluding carboxylic acids is 1. The Balaban J connectivity index is 2.53. The first-order valence-corrected chi connectivity index (χ1v) is 8.11. The lowest BCUT2D eigenvalue weighted by Gasteiger charge is -2.31. The third-order valence-electron chi connectivity index (χ3n) is 3.58. The number of thioether (sulfide) groups is 1. The first kappa shape index (κ1) is 16.5. The molecule has 0 spiro atoms. The molecule has 0 aromatic carbocycles. The Hall–Kier alpha value is -0.550. The lowest BCUT2D eigenvalue weighted by molar-refractivity contribution is 0.210. The Kier molecular flexibility index (Phi) is 6.86. The molecule has 108 valence electrons. The van der Waals surface area contributed by atoms with Gasteiger partial charge < -0.3 is 9.80 Å². The third kappa shape index (κ3) is 4.80. The summed E-state index contributed by atoms with van der Waals surface area (Å²) in [7, 11) is 1.89. The lowest BCUT2D eigenvalue weighted by atomic mass is 9.95. The van der Waals surface area contributed by atoms with Gasteiger partial charge in [-0.2, -0.15) is 0 Å². The number of rotatable bonds is 3.